The van der Waals surface area contributed by atoms with Crippen molar-refractivity contribution in [3.05, 3.63) is 70.5 Å². The van der Waals surface area contributed by atoms with E-state index in [9.17, 15) is 9.18 Å². The normalized spacial score (nSPS) is 18.2. The van der Waals surface area contributed by atoms with Gasteiger partial charge in [0, 0.05) is 49.0 Å². The average molecular weight is 388 g/mol. The van der Waals surface area contributed by atoms with Gasteiger partial charge in [-0.1, -0.05) is 29.8 Å². The van der Waals surface area contributed by atoms with Crippen molar-refractivity contribution in [3.63, 3.8) is 0 Å². The van der Waals surface area contributed by atoms with Crippen molar-refractivity contribution in [2.24, 2.45) is 0 Å². The number of amides is 1. The minimum atomic E-state index is -0.226. The number of hydrogen-bond acceptors (Lipinski definition) is 3. The molecule has 1 aliphatic heterocycles. The van der Waals surface area contributed by atoms with E-state index >= 15 is 0 Å². The lowest BCUT2D eigenvalue weighted by Gasteiger charge is -2.39. The van der Waals surface area contributed by atoms with Crippen molar-refractivity contribution in [2.45, 2.75) is 19.5 Å². The molecule has 0 unspecified atom stereocenters. The number of hydrogen-bond donors (Lipinski definition) is 1. The Labute approximate surface area is 164 Å². The fourth-order valence-electron chi connectivity index (χ4n) is 3.31. The van der Waals surface area contributed by atoms with E-state index in [2.05, 4.69) is 4.90 Å². The van der Waals surface area contributed by atoms with Crippen LogP contribution in [0.2, 0.25) is 5.02 Å². The van der Waals surface area contributed by atoms with Gasteiger partial charge in [-0.25, -0.2) is 4.39 Å². The third-order valence-electron chi connectivity index (χ3n) is 4.77. The lowest BCUT2D eigenvalue weighted by molar-refractivity contribution is -0.130. The second kappa shape index (κ2) is 8.55. The van der Waals surface area contributed by atoms with E-state index in [4.69, 9.17) is 17.3 Å². The van der Waals surface area contributed by atoms with E-state index in [1.54, 1.807) is 42.5 Å². The quantitative estimate of drug-likeness (QED) is 0.641. The van der Waals surface area contributed by atoms with Crippen LogP contribution >= 0.6 is 11.6 Å². The van der Waals surface area contributed by atoms with Crippen molar-refractivity contribution in [2.75, 3.05) is 25.4 Å². The van der Waals surface area contributed by atoms with E-state index in [1.807, 2.05) is 11.8 Å². The van der Waals surface area contributed by atoms with Gasteiger partial charge in [0.15, 0.2) is 0 Å². The van der Waals surface area contributed by atoms with Gasteiger partial charge in [0.1, 0.15) is 5.82 Å². The predicted octanol–water partition coefficient (Wildman–Crippen LogP) is 3.81. The van der Waals surface area contributed by atoms with Gasteiger partial charge < -0.3 is 10.6 Å². The Morgan fingerprint density at radius 3 is 2.67 bits per heavy atom. The lowest BCUT2D eigenvalue weighted by Crippen LogP contribution is -2.53. The van der Waals surface area contributed by atoms with Crippen LogP contribution in [0.15, 0.2) is 48.5 Å². The molecule has 1 heterocycles. The van der Waals surface area contributed by atoms with Crippen molar-refractivity contribution in [3.8, 4) is 0 Å². The van der Waals surface area contributed by atoms with Crippen LogP contribution in [0.3, 0.4) is 0 Å². The smallest absolute Gasteiger partial charge is 0.246 e. The first kappa shape index (κ1) is 19.4. The van der Waals surface area contributed by atoms with Gasteiger partial charge >= 0.3 is 0 Å². The number of benzene rings is 2. The van der Waals surface area contributed by atoms with Crippen molar-refractivity contribution in [1.29, 1.82) is 0 Å². The molecule has 0 saturated carbocycles. The summed E-state index contributed by atoms with van der Waals surface area (Å²) in [5.41, 5.74) is 8.31. The van der Waals surface area contributed by atoms with E-state index in [0.717, 1.165) is 30.8 Å². The lowest BCUT2D eigenvalue weighted by atomic mass is 10.1. The first-order chi connectivity index (χ1) is 12.9. The molecule has 4 nitrogen and oxygen atoms in total. The van der Waals surface area contributed by atoms with Crippen LogP contribution in [0, 0.1) is 5.82 Å². The SMILES string of the molecule is C[C@@H]1CN(Cc2ccc(F)cc2)CCN1C(=O)C=Cc1ccc(Cl)cc1N. The summed E-state index contributed by atoms with van der Waals surface area (Å²) in [4.78, 5) is 16.7. The molecule has 0 bridgehead atoms. The minimum absolute atomic E-state index is 0.0294. The number of anilines is 1. The molecule has 1 amide bonds. The monoisotopic (exact) mass is 387 g/mol. The van der Waals surface area contributed by atoms with Gasteiger partial charge in [0.2, 0.25) is 5.91 Å². The van der Waals surface area contributed by atoms with E-state index < -0.39 is 0 Å². The molecule has 1 saturated heterocycles. The van der Waals surface area contributed by atoms with Crippen molar-refractivity contribution in [1.82, 2.24) is 9.80 Å². The Morgan fingerprint density at radius 1 is 1.26 bits per heavy atom. The van der Waals surface area contributed by atoms with Crippen molar-refractivity contribution >= 4 is 29.3 Å². The molecule has 1 fully saturated rings. The summed E-state index contributed by atoms with van der Waals surface area (Å²) in [5, 5.41) is 0.571. The zero-order chi connectivity index (χ0) is 19.4. The number of carbonyl (C=O) groups excluding carboxylic acids is 1. The zero-order valence-electron chi connectivity index (χ0n) is 15.2. The Hall–Kier alpha value is -2.37. The van der Waals surface area contributed by atoms with Crippen LogP contribution in [-0.4, -0.2) is 41.4 Å². The van der Waals surface area contributed by atoms with Gasteiger partial charge in [0.05, 0.1) is 0 Å². The Kier molecular flexibility index (Phi) is 6.14. The molecule has 0 spiro atoms. The molecule has 0 aliphatic carbocycles. The van der Waals surface area contributed by atoms with Crippen LogP contribution in [0.5, 0.6) is 0 Å². The van der Waals surface area contributed by atoms with Crippen LogP contribution in [0.25, 0.3) is 6.08 Å². The number of halogens is 2. The number of rotatable bonds is 4. The number of piperazine rings is 1. The molecule has 0 aromatic heterocycles. The largest absolute Gasteiger partial charge is 0.398 e. The fraction of sp³-hybridized carbons (Fsp3) is 0.286. The standard InChI is InChI=1S/C21H23ClFN3O/c1-15-13-25(14-16-2-7-19(23)8-3-16)10-11-26(15)21(27)9-5-17-4-6-18(22)12-20(17)24/h2-9,12,15H,10-11,13-14,24H2,1H3/t15-/m1/s1. The summed E-state index contributed by atoms with van der Waals surface area (Å²) in [6.07, 6.45) is 3.29. The summed E-state index contributed by atoms with van der Waals surface area (Å²) in [6.45, 7) is 5.01. The van der Waals surface area contributed by atoms with Gasteiger partial charge in [-0.15, -0.1) is 0 Å². The first-order valence-corrected chi connectivity index (χ1v) is 9.30. The average Bonchev–Trinajstić information content (AvgIpc) is 2.63. The highest BCUT2D eigenvalue weighted by molar-refractivity contribution is 6.30. The number of nitrogens with two attached hydrogens (primary N) is 1. The van der Waals surface area contributed by atoms with Gasteiger partial charge in [0.25, 0.3) is 0 Å². The molecule has 142 valence electrons. The summed E-state index contributed by atoms with van der Waals surface area (Å²) in [5.74, 6) is -0.256. The third kappa shape index (κ3) is 5.08. The summed E-state index contributed by atoms with van der Waals surface area (Å²) < 4.78 is 13.0. The van der Waals surface area contributed by atoms with Crippen LogP contribution in [-0.2, 0) is 11.3 Å². The zero-order valence-corrected chi connectivity index (χ0v) is 16.0. The van der Waals surface area contributed by atoms with E-state index in [1.165, 1.54) is 12.1 Å². The molecule has 2 N–H and O–H groups in total. The highest BCUT2D eigenvalue weighted by atomic mass is 35.5. The molecular formula is C21H23ClFN3O. The fourth-order valence-corrected chi connectivity index (χ4v) is 3.49. The Morgan fingerprint density at radius 2 is 2.00 bits per heavy atom. The molecule has 3 rings (SSSR count). The van der Waals surface area contributed by atoms with Gasteiger partial charge in [-0.2, -0.15) is 0 Å². The minimum Gasteiger partial charge on any atom is -0.398 e. The molecule has 2 aromatic rings. The first-order valence-electron chi connectivity index (χ1n) is 8.93. The van der Waals surface area contributed by atoms with Gasteiger partial charge in [-0.3, -0.25) is 9.69 Å². The second-order valence-electron chi connectivity index (χ2n) is 6.85. The second-order valence-corrected chi connectivity index (χ2v) is 7.29. The summed E-state index contributed by atoms with van der Waals surface area (Å²) in [7, 11) is 0. The maximum absolute atomic E-state index is 13.0. The molecule has 1 atom stereocenters. The van der Waals surface area contributed by atoms with E-state index in [-0.39, 0.29) is 17.8 Å². The van der Waals surface area contributed by atoms with Crippen LogP contribution < -0.4 is 5.73 Å². The van der Waals surface area contributed by atoms with E-state index in [0.29, 0.717) is 17.3 Å². The molecule has 2 aromatic carbocycles. The number of nitrogen functional groups attached to an aromatic ring is 1. The maximum atomic E-state index is 13.0. The molecule has 1 aliphatic rings. The number of nitrogens with zero attached hydrogens (tertiary/aromatic N) is 2. The number of carbonyl (C=O) groups is 1. The molecule has 0 radical (unpaired) electrons. The topological polar surface area (TPSA) is 49.6 Å². The molecule has 27 heavy (non-hydrogen) atoms. The van der Waals surface area contributed by atoms with Gasteiger partial charge in [-0.05, 0) is 48.4 Å². The van der Waals surface area contributed by atoms with Crippen LogP contribution in [0.4, 0.5) is 10.1 Å². The third-order valence-corrected chi connectivity index (χ3v) is 5.00. The van der Waals surface area contributed by atoms with Crippen molar-refractivity contribution < 1.29 is 9.18 Å². The molecular weight excluding hydrogens is 365 g/mol. The molecule has 6 heteroatoms. The highest BCUT2D eigenvalue weighted by Gasteiger charge is 2.26. The van der Waals surface area contributed by atoms with Crippen LogP contribution in [0.1, 0.15) is 18.1 Å². The maximum Gasteiger partial charge on any atom is 0.246 e. The Balaban J connectivity index is 1.57. The Bertz CT molecular complexity index is 838. The highest BCUT2D eigenvalue weighted by Crippen LogP contribution is 2.20. The summed E-state index contributed by atoms with van der Waals surface area (Å²) in [6, 6.07) is 11.9. The summed E-state index contributed by atoms with van der Waals surface area (Å²) >= 11 is 5.90. The predicted molar refractivity (Wildman–Crippen MR) is 108 cm³/mol.